The Balaban J connectivity index is 3.64. The summed E-state index contributed by atoms with van der Waals surface area (Å²) in [5, 5.41) is 6.02. The summed E-state index contributed by atoms with van der Waals surface area (Å²) in [7, 11) is 0. The Bertz CT molecular complexity index is 714. The minimum Gasteiger partial charge on any atom is -0.369 e. The number of hydrogen-bond donors (Lipinski definition) is 2. The van der Waals surface area contributed by atoms with Crippen molar-refractivity contribution >= 4 is 12.2 Å². The summed E-state index contributed by atoms with van der Waals surface area (Å²) in [5.41, 5.74) is 4.09. The molecule has 146 valence electrons. The summed E-state index contributed by atoms with van der Waals surface area (Å²) in [6.07, 6.45) is -12.0. The average Bonchev–Trinajstić information content (AvgIpc) is 2.44. The highest BCUT2D eigenvalue weighted by molar-refractivity contribution is 5.82. The fourth-order valence-corrected chi connectivity index (χ4v) is 1.66. The monoisotopic (exact) mass is 398 g/mol. The van der Waals surface area contributed by atoms with Crippen molar-refractivity contribution in [2.45, 2.75) is 24.2 Å². The van der Waals surface area contributed by atoms with Gasteiger partial charge in [0.25, 0.3) is 0 Å². The predicted octanol–water partition coefficient (Wildman–Crippen LogP) is 3.60. The van der Waals surface area contributed by atoms with Crippen molar-refractivity contribution in [2.75, 3.05) is 0 Å². The highest BCUT2D eigenvalue weighted by atomic mass is 19.4. The van der Waals surface area contributed by atoms with Crippen LogP contribution in [0.25, 0.3) is 0 Å². The second-order valence-corrected chi connectivity index (χ2v) is 4.72. The van der Waals surface area contributed by atoms with Crippen molar-refractivity contribution in [3.05, 3.63) is 34.9 Å². The van der Waals surface area contributed by atoms with Crippen LogP contribution in [0.15, 0.2) is 28.4 Å². The molecule has 4 N–H and O–H groups in total. The van der Waals surface area contributed by atoms with E-state index < -0.39 is 46.8 Å². The van der Waals surface area contributed by atoms with Crippen molar-refractivity contribution in [1.29, 1.82) is 0 Å². The van der Waals surface area contributed by atoms with E-state index in [4.69, 9.17) is 11.5 Å². The van der Waals surface area contributed by atoms with Crippen molar-refractivity contribution in [3.63, 3.8) is 0 Å². The Morgan fingerprint density at radius 3 is 1.81 bits per heavy atom. The topological polar surface area (TPSA) is 76.8 Å². The summed E-state index contributed by atoms with van der Waals surface area (Å²) in [6.45, 7) is 0. The maximum absolute atomic E-state index is 13.8. The number of nitrogens with two attached hydrogens (primary N) is 2. The van der Waals surface area contributed by atoms with Crippen molar-refractivity contribution in [2.24, 2.45) is 21.7 Å². The van der Waals surface area contributed by atoms with E-state index in [1.54, 1.807) is 0 Å². The van der Waals surface area contributed by atoms with E-state index >= 15 is 0 Å². The molecule has 0 aliphatic carbocycles. The molecule has 0 saturated carbocycles. The third-order valence-corrected chi connectivity index (χ3v) is 2.82. The van der Waals surface area contributed by atoms with Crippen LogP contribution in [0.3, 0.4) is 0 Å². The van der Waals surface area contributed by atoms with Gasteiger partial charge >= 0.3 is 24.2 Å². The van der Waals surface area contributed by atoms with Gasteiger partial charge < -0.3 is 11.5 Å². The second kappa shape index (κ2) is 6.64. The molecule has 4 nitrogen and oxygen atoms in total. The Hall–Kier alpha value is -2.54. The first-order valence-electron chi connectivity index (χ1n) is 6.18. The normalized spacial score (nSPS) is 13.9. The summed E-state index contributed by atoms with van der Waals surface area (Å²) in [6, 6.07) is 0.195. The van der Waals surface area contributed by atoms with Gasteiger partial charge in [0.15, 0.2) is 0 Å². The molecule has 26 heavy (non-hydrogen) atoms. The molecule has 1 rings (SSSR count). The predicted molar refractivity (Wildman–Crippen MR) is 69.7 cm³/mol. The van der Waals surface area contributed by atoms with Crippen LogP contribution in [0, 0.1) is 0 Å². The number of halogens is 10. The average molecular weight is 398 g/mol. The molecule has 0 aliphatic rings. The number of rotatable bonds is 4. The zero-order valence-corrected chi connectivity index (χ0v) is 12.1. The van der Waals surface area contributed by atoms with E-state index in [9.17, 15) is 43.9 Å². The van der Waals surface area contributed by atoms with E-state index in [-0.39, 0.29) is 12.1 Å². The lowest BCUT2D eigenvalue weighted by Gasteiger charge is -2.30. The summed E-state index contributed by atoms with van der Waals surface area (Å²) in [4.78, 5) is 0. The molecule has 0 saturated heterocycles. The number of alkyl halides is 10. The highest BCUT2D eigenvalue weighted by Gasteiger charge is 2.74. The van der Waals surface area contributed by atoms with E-state index in [0.29, 0.717) is 12.3 Å². The van der Waals surface area contributed by atoms with Gasteiger partial charge in [-0.25, -0.2) is 0 Å². The zero-order valence-electron chi connectivity index (χ0n) is 12.1. The van der Waals surface area contributed by atoms with Crippen LogP contribution < -0.4 is 11.5 Å². The molecule has 14 heteroatoms. The zero-order chi connectivity index (χ0) is 20.6. The lowest BCUT2D eigenvalue weighted by molar-refractivity contribution is -0.360. The third-order valence-electron chi connectivity index (χ3n) is 2.82. The van der Waals surface area contributed by atoms with Crippen LogP contribution in [-0.4, -0.2) is 24.3 Å². The van der Waals surface area contributed by atoms with E-state index in [1.165, 1.54) is 0 Å². The minimum atomic E-state index is -6.80. The second-order valence-electron chi connectivity index (χ2n) is 4.72. The van der Waals surface area contributed by atoms with Crippen LogP contribution >= 0.6 is 0 Å². The van der Waals surface area contributed by atoms with Crippen LogP contribution in [-0.2, 0) is 12.1 Å². The van der Waals surface area contributed by atoms with Crippen molar-refractivity contribution in [1.82, 2.24) is 0 Å². The first kappa shape index (κ1) is 21.5. The van der Waals surface area contributed by atoms with Crippen molar-refractivity contribution in [3.8, 4) is 0 Å². The molecule has 0 unspecified atom stereocenters. The summed E-state index contributed by atoms with van der Waals surface area (Å²) in [5.74, 6) is -13.6. The molecule has 0 radical (unpaired) electrons. The van der Waals surface area contributed by atoms with Crippen LogP contribution in [0.5, 0.6) is 0 Å². The Morgan fingerprint density at radius 1 is 0.846 bits per heavy atom. The lowest BCUT2D eigenvalue weighted by atomic mass is 9.94. The van der Waals surface area contributed by atoms with Gasteiger partial charge in [0.05, 0.1) is 11.8 Å². The molecule has 0 aliphatic heterocycles. The fourth-order valence-electron chi connectivity index (χ4n) is 1.66. The van der Waals surface area contributed by atoms with Crippen molar-refractivity contribution < 1.29 is 43.9 Å². The largest absolute Gasteiger partial charge is 0.460 e. The Labute approximate surface area is 138 Å². The van der Waals surface area contributed by atoms with Gasteiger partial charge in [-0.3, -0.25) is 0 Å². The molecule has 0 spiro atoms. The summed E-state index contributed by atoms with van der Waals surface area (Å²) >= 11 is 0. The maximum atomic E-state index is 13.8. The molecule has 0 aromatic heterocycles. The molecule has 0 bridgehead atoms. The minimum absolute atomic E-state index is 0.0907. The standard InChI is InChI=1S/C12H8F10N4/c13-9(14,11(18,19)12(20,21)22)7-3-5(4-25-26-8(23)24)1-2-6(7)10(15,16)17/h1-4H,(H4,23,24,26). The lowest BCUT2D eigenvalue weighted by Crippen LogP contribution is -2.50. The molecule has 0 heterocycles. The molecular formula is C12H8F10N4. The molecular weight excluding hydrogens is 390 g/mol. The smallest absolute Gasteiger partial charge is 0.369 e. The third kappa shape index (κ3) is 4.16. The van der Waals surface area contributed by atoms with Gasteiger partial charge in [-0.1, -0.05) is 6.07 Å². The van der Waals surface area contributed by atoms with Gasteiger partial charge in [0, 0.05) is 5.56 Å². The van der Waals surface area contributed by atoms with Gasteiger partial charge in [-0.15, -0.1) is 5.10 Å². The van der Waals surface area contributed by atoms with Gasteiger partial charge in [-0.2, -0.15) is 49.0 Å². The first-order chi connectivity index (χ1) is 11.5. The maximum Gasteiger partial charge on any atom is 0.460 e. The highest BCUT2D eigenvalue weighted by Crippen LogP contribution is 2.54. The van der Waals surface area contributed by atoms with Crippen LogP contribution in [0.4, 0.5) is 43.9 Å². The van der Waals surface area contributed by atoms with E-state index in [1.807, 2.05) is 0 Å². The Morgan fingerprint density at radius 2 is 1.38 bits per heavy atom. The van der Waals surface area contributed by atoms with Gasteiger partial charge in [0.1, 0.15) is 0 Å². The molecule has 1 aromatic rings. The number of benzene rings is 1. The number of hydrogen-bond acceptors (Lipinski definition) is 2. The van der Waals surface area contributed by atoms with Crippen LogP contribution in [0.1, 0.15) is 16.7 Å². The number of guanidine groups is 1. The van der Waals surface area contributed by atoms with Gasteiger partial charge in [0.2, 0.25) is 5.96 Å². The molecule has 0 atom stereocenters. The van der Waals surface area contributed by atoms with E-state index in [0.717, 1.165) is 0 Å². The summed E-state index contributed by atoms with van der Waals surface area (Å²) < 4.78 is 129. The SMILES string of the molecule is NC(N)=NN=Cc1ccc(C(F)(F)F)c(C(F)(F)C(F)(F)C(F)(F)F)c1. The van der Waals surface area contributed by atoms with E-state index in [2.05, 4.69) is 10.2 Å². The Kier molecular flexibility index (Phi) is 5.49. The van der Waals surface area contributed by atoms with Crippen LogP contribution in [0.2, 0.25) is 0 Å². The molecule has 0 fully saturated rings. The van der Waals surface area contributed by atoms with Gasteiger partial charge in [-0.05, 0) is 17.7 Å². The first-order valence-corrected chi connectivity index (χ1v) is 6.18. The fraction of sp³-hybridized carbons (Fsp3) is 0.333. The molecule has 1 aromatic carbocycles. The molecule has 0 amide bonds. The quantitative estimate of drug-likeness (QED) is 0.352. The number of nitrogens with zero attached hydrogens (tertiary/aromatic N) is 2.